The van der Waals surface area contributed by atoms with Crippen molar-refractivity contribution < 1.29 is 14.3 Å². The van der Waals surface area contributed by atoms with Crippen LogP contribution in [0.3, 0.4) is 0 Å². The quantitative estimate of drug-likeness (QED) is 0.886. The van der Waals surface area contributed by atoms with Crippen LogP contribution >= 0.6 is 0 Å². The van der Waals surface area contributed by atoms with Crippen molar-refractivity contribution in [1.29, 1.82) is 0 Å². The number of rotatable bonds is 5. The van der Waals surface area contributed by atoms with Gasteiger partial charge < -0.3 is 19.7 Å². The van der Waals surface area contributed by atoms with Gasteiger partial charge in [0, 0.05) is 24.2 Å². The molecule has 1 saturated carbocycles. The van der Waals surface area contributed by atoms with E-state index < -0.39 is 5.60 Å². The molecule has 0 saturated heterocycles. The van der Waals surface area contributed by atoms with Gasteiger partial charge in [-0.15, -0.1) is 0 Å². The van der Waals surface area contributed by atoms with Crippen LogP contribution < -0.4 is 5.32 Å². The highest BCUT2D eigenvalue weighted by Gasteiger charge is 2.29. The van der Waals surface area contributed by atoms with Gasteiger partial charge in [0.05, 0.1) is 12.1 Å². The fourth-order valence-electron chi connectivity index (χ4n) is 2.52. The molecule has 124 valence electrons. The molecule has 0 unspecified atom stereocenters. The van der Waals surface area contributed by atoms with E-state index in [0.29, 0.717) is 23.7 Å². The summed E-state index contributed by atoms with van der Waals surface area (Å²) < 4.78 is 5.77. The zero-order valence-electron chi connectivity index (χ0n) is 13.8. The molecule has 1 heterocycles. The lowest BCUT2D eigenvalue weighted by Gasteiger charge is -2.28. The van der Waals surface area contributed by atoms with Crippen molar-refractivity contribution in [2.45, 2.75) is 45.1 Å². The normalized spacial score (nSPS) is 15.0. The minimum Gasteiger partial charge on any atom is -0.440 e. The van der Waals surface area contributed by atoms with Gasteiger partial charge in [0.1, 0.15) is 5.52 Å². The van der Waals surface area contributed by atoms with Crippen LogP contribution in [0, 0.1) is 0 Å². The molecular formula is C17H23N3O3. The van der Waals surface area contributed by atoms with Crippen molar-refractivity contribution in [1.82, 2.24) is 9.88 Å². The molecule has 0 aliphatic heterocycles. The average molecular weight is 317 g/mol. The molecule has 6 heteroatoms. The molecule has 0 atom stereocenters. The highest BCUT2D eigenvalue weighted by molar-refractivity contribution is 5.91. The van der Waals surface area contributed by atoms with Crippen molar-refractivity contribution in [3.8, 4) is 0 Å². The number of urea groups is 1. The number of benzene rings is 1. The second-order valence-electron chi connectivity index (χ2n) is 6.77. The number of oxazole rings is 1. The number of nitrogens with one attached hydrogen (secondary N) is 1. The summed E-state index contributed by atoms with van der Waals surface area (Å²) in [6.07, 6.45) is 2.28. The molecule has 1 aliphatic rings. The molecule has 0 bridgehead atoms. The number of anilines is 1. The van der Waals surface area contributed by atoms with Gasteiger partial charge in [0.25, 0.3) is 0 Å². The number of hydrogen-bond acceptors (Lipinski definition) is 4. The highest BCUT2D eigenvalue weighted by atomic mass is 16.3. The van der Waals surface area contributed by atoms with Crippen molar-refractivity contribution >= 4 is 22.8 Å². The summed E-state index contributed by atoms with van der Waals surface area (Å²) in [6.45, 7) is 6.04. The number of aromatic nitrogens is 1. The standard InChI is InChI=1S/C17H23N3O3/c1-4-20(10-17(2,3)22)16(21)18-12-7-8-13-14(9-12)23-15(19-13)11-5-6-11/h7-9,11,22H,4-6,10H2,1-3H3,(H,18,21). The Kier molecular flexibility index (Phi) is 4.02. The average Bonchev–Trinajstić information content (AvgIpc) is 3.23. The molecule has 3 rings (SSSR count). The Morgan fingerprint density at radius 3 is 2.83 bits per heavy atom. The second-order valence-corrected chi connectivity index (χ2v) is 6.77. The number of nitrogens with zero attached hydrogens (tertiary/aromatic N) is 2. The molecular weight excluding hydrogens is 294 g/mol. The van der Waals surface area contributed by atoms with Crippen LogP contribution in [0.5, 0.6) is 0 Å². The maximum atomic E-state index is 12.3. The van der Waals surface area contributed by atoms with Gasteiger partial charge >= 0.3 is 6.03 Å². The summed E-state index contributed by atoms with van der Waals surface area (Å²) in [5.41, 5.74) is 1.24. The van der Waals surface area contributed by atoms with Crippen molar-refractivity contribution in [3.63, 3.8) is 0 Å². The summed E-state index contributed by atoms with van der Waals surface area (Å²) in [5.74, 6) is 1.25. The van der Waals surface area contributed by atoms with Gasteiger partial charge in [-0.05, 0) is 45.7 Å². The van der Waals surface area contributed by atoms with Gasteiger partial charge in [-0.3, -0.25) is 0 Å². The maximum absolute atomic E-state index is 12.3. The van der Waals surface area contributed by atoms with Crippen LogP contribution in [0.2, 0.25) is 0 Å². The first-order chi connectivity index (χ1) is 10.9. The molecule has 2 aromatic rings. The Hall–Kier alpha value is -2.08. The maximum Gasteiger partial charge on any atom is 0.321 e. The van der Waals surface area contributed by atoms with Crippen LogP contribution in [-0.4, -0.2) is 39.7 Å². The molecule has 1 aromatic carbocycles. The molecule has 2 N–H and O–H groups in total. The van der Waals surface area contributed by atoms with E-state index in [1.165, 1.54) is 0 Å². The number of amides is 2. The Morgan fingerprint density at radius 1 is 1.48 bits per heavy atom. The Morgan fingerprint density at radius 2 is 2.22 bits per heavy atom. The van der Waals surface area contributed by atoms with E-state index in [2.05, 4.69) is 10.3 Å². The molecule has 2 amide bonds. The number of aliphatic hydroxyl groups is 1. The number of fused-ring (bicyclic) bond motifs is 1. The van der Waals surface area contributed by atoms with Crippen LogP contribution in [0.1, 0.15) is 45.4 Å². The largest absolute Gasteiger partial charge is 0.440 e. The summed E-state index contributed by atoms with van der Waals surface area (Å²) in [4.78, 5) is 18.4. The molecule has 1 aliphatic carbocycles. The lowest BCUT2D eigenvalue weighted by Crippen LogP contribution is -2.44. The van der Waals surface area contributed by atoms with Crippen LogP contribution in [0.15, 0.2) is 22.6 Å². The van der Waals surface area contributed by atoms with E-state index in [9.17, 15) is 9.90 Å². The third-order valence-electron chi connectivity index (χ3n) is 3.83. The lowest BCUT2D eigenvalue weighted by atomic mass is 10.1. The van der Waals surface area contributed by atoms with Crippen LogP contribution in [0.4, 0.5) is 10.5 Å². The van der Waals surface area contributed by atoms with Gasteiger partial charge in [-0.2, -0.15) is 0 Å². The lowest BCUT2D eigenvalue weighted by molar-refractivity contribution is 0.0501. The number of hydrogen-bond donors (Lipinski definition) is 2. The zero-order chi connectivity index (χ0) is 16.6. The molecule has 6 nitrogen and oxygen atoms in total. The second kappa shape index (κ2) is 5.85. The summed E-state index contributed by atoms with van der Waals surface area (Å²) in [7, 11) is 0. The summed E-state index contributed by atoms with van der Waals surface area (Å²) in [5, 5.41) is 12.7. The molecule has 1 fully saturated rings. The highest BCUT2D eigenvalue weighted by Crippen LogP contribution is 2.40. The van der Waals surface area contributed by atoms with E-state index >= 15 is 0 Å². The van der Waals surface area contributed by atoms with Crippen LogP contribution in [-0.2, 0) is 0 Å². The number of carbonyl (C=O) groups excluding carboxylic acids is 1. The zero-order valence-corrected chi connectivity index (χ0v) is 13.8. The van der Waals surface area contributed by atoms with E-state index in [0.717, 1.165) is 24.2 Å². The van der Waals surface area contributed by atoms with Crippen LogP contribution in [0.25, 0.3) is 11.1 Å². The van der Waals surface area contributed by atoms with Gasteiger partial charge in [-0.1, -0.05) is 0 Å². The van der Waals surface area contributed by atoms with Gasteiger partial charge in [-0.25, -0.2) is 9.78 Å². The first kappa shape index (κ1) is 15.8. The first-order valence-corrected chi connectivity index (χ1v) is 8.04. The van der Waals surface area contributed by atoms with E-state index in [-0.39, 0.29) is 12.6 Å². The third kappa shape index (κ3) is 3.82. The first-order valence-electron chi connectivity index (χ1n) is 8.04. The Bertz CT molecular complexity index is 713. The summed E-state index contributed by atoms with van der Waals surface area (Å²) >= 11 is 0. The predicted octanol–water partition coefficient (Wildman–Crippen LogP) is 3.33. The Labute approximate surface area is 135 Å². The van der Waals surface area contributed by atoms with E-state index in [1.54, 1.807) is 24.8 Å². The van der Waals surface area contributed by atoms with E-state index in [1.807, 2.05) is 19.1 Å². The topological polar surface area (TPSA) is 78.6 Å². The predicted molar refractivity (Wildman–Crippen MR) is 88.5 cm³/mol. The van der Waals surface area contributed by atoms with E-state index in [4.69, 9.17) is 4.42 Å². The minimum atomic E-state index is -0.929. The van der Waals surface area contributed by atoms with Gasteiger partial charge in [0.2, 0.25) is 0 Å². The summed E-state index contributed by atoms with van der Waals surface area (Å²) in [6, 6.07) is 5.23. The number of likely N-dealkylation sites (N-methyl/N-ethyl adjacent to an activating group) is 1. The molecule has 1 aromatic heterocycles. The minimum absolute atomic E-state index is 0.240. The van der Waals surface area contributed by atoms with Crippen molar-refractivity contribution in [3.05, 3.63) is 24.1 Å². The van der Waals surface area contributed by atoms with Crippen molar-refractivity contribution in [2.24, 2.45) is 0 Å². The smallest absolute Gasteiger partial charge is 0.321 e. The third-order valence-corrected chi connectivity index (χ3v) is 3.83. The molecule has 0 radical (unpaired) electrons. The fraction of sp³-hybridized carbons (Fsp3) is 0.529. The SMILES string of the molecule is CCN(CC(C)(C)O)C(=O)Nc1ccc2nc(C3CC3)oc2c1. The Balaban J connectivity index is 1.73. The molecule has 0 spiro atoms. The van der Waals surface area contributed by atoms with Gasteiger partial charge in [0.15, 0.2) is 11.5 Å². The molecule has 23 heavy (non-hydrogen) atoms. The monoisotopic (exact) mass is 317 g/mol. The van der Waals surface area contributed by atoms with Crippen molar-refractivity contribution in [2.75, 3.05) is 18.4 Å². The fourth-order valence-corrected chi connectivity index (χ4v) is 2.52. The number of carbonyl (C=O) groups is 1.